The van der Waals surface area contributed by atoms with Crippen LogP contribution < -0.4 is 0 Å². The Balaban J connectivity index is 0. The molecule has 0 saturated carbocycles. The van der Waals surface area contributed by atoms with Crippen molar-refractivity contribution in [3.8, 4) is 0 Å². The molecule has 0 amide bonds. The van der Waals surface area contributed by atoms with Crippen LogP contribution in [0.4, 0.5) is 4.39 Å². The van der Waals surface area contributed by atoms with Crippen molar-refractivity contribution in [1.29, 1.82) is 0 Å². The van der Waals surface area contributed by atoms with Crippen LogP contribution >= 0.6 is 0 Å². The van der Waals surface area contributed by atoms with Crippen LogP contribution in [0.15, 0.2) is 0 Å². The average Bonchev–Trinajstić information content (AvgIpc) is 1.59. The minimum absolute atomic E-state index is 0. The minimum atomic E-state index is -3.93. The van der Waals surface area contributed by atoms with Crippen LogP contribution in [0.2, 0.25) is 0 Å². The van der Waals surface area contributed by atoms with Gasteiger partial charge in [0, 0.05) is 0 Å². The maximum absolute atomic E-state index is 11.1. The van der Waals surface area contributed by atoms with Crippen LogP contribution in [0, 0.1) is 0 Å². The molecule has 0 atom stereocenters. The Morgan fingerprint density at radius 1 is 1.44 bits per heavy atom. The van der Waals surface area contributed by atoms with Gasteiger partial charge < -0.3 is 0 Å². The first kappa shape index (κ1) is 12.1. The summed E-state index contributed by atoms with van der Waals surface area (Å²) in [6.07, 6.45) is -0.126. The van der Waals surface area contributed by atoms with Gasteiger partial charge in [-0.2, -0.15) is 8.42 Å². The van der Waals surface area contributed by atoms with Gasteiger partial charge in [-0.05, 0) is 6.42 Å². The van der Waals surface area contributed by atoms with Gasteiger partial charge >= 0.3 is 18.9 Å². The van der Waals surface area contributed by atoms with Crippen molar-refractivity contribution in [1.82, 2.24) is 0 Å². The Bertz CT molecular complexity index is 143. The molecule has 0 fully saturated rings. The van der Waals surface area contributed by atoms with Crippen LogP contribution in [0.1, 0.15) is 6.42 Å². The monoisotopic (exact) mass is 150 g/mol. The zero-order valence-corrected chi connectivity index (χ0v) is 4.99. The molecule has 3 nitrogen and oxygen atoms in total. The molecule has 0 aromatic heterocycles. The predicted molar refractivity (Wildman–Crippen MR) is 34.2 cm³/mol. The number of alkyl halides is 1. The molecule has 0 radical (unpaired) electrons. The molecule has 52 valence electrons. The van der Waals surface area contributed by atoms with Gasteiger partial charge in [0.25, 0.3) is 10.1 Å². The normalized spacial score (nSPS) is 10.4. The van der Waals surface area contributed by atoms with Gasteiger partial charge in [-0.15, -0.1) is 0 Å². The molecular formula is C3H8FLiO3S. The number of halogens is 1. The fourth-order valence-electron chi connectivity index (χ4n) is 0.237. The van der Waals surface area contributed by atoms with Crippen LogP contribution in [-0.2, 0) is 10.1 Å². The molecule has 0 rings (SSSR count). The fraction of sp³-hybridized carbons (Fsp3) is 1.00. The molecule has 0 aliphatic carbocycles. The van der Waals surface area contributed by atoms with Gasteiger partial charge in [0.05, 0.1) is 12.4 Å². The van der Waals surface area contributed by atoms with Gasteiger partial charge in [0.2, 0.25) is 0 Å². The van der Waals surface area contributed by atoms with E-state index in [9.17, 15) is 12.8 Å². The second-order valence-corrected chi connectivity index (χ2v) is 2.90. The van der Waals surface area contributed by atoms with E-state index in [-0.39, 0.29) is 25.3 Å². The molecular weight excluding hydrogens is 142 g/mol. The molecule has 1 N–H and O–H groups in total. The van der Waals surface area contributed by atoms with E-state index in [0.717, 1.165) is 0 Å². The molecule has 0 heterocycles. The van der Waals surface area contributed by atoms with E-state index in [1.54, 1.807) is 0 Å². The van der Waals surface area contributed by atoms with Crippen molar-refractivity contribution in [3.05, 3.63) is 0 Å². The molecule has 0 saturated heterocycles. The summed E-state index contributed by atoms with van der Waals surface area (Å²) >= 11 is 0. The first-order chi connectivity index (χ1) is 3.56. The molecule has 0 aliphatic heterocycles. The van der Waals surface area contributed by atoms with Crippen LogP contribution in [0.3, 0.4) is 0 Å². The summed E-state index contributed by atoms with van der Waals surface area (Å²) in [6.45, 7) is -0.709. The van der Waals surface area contributed by atoms with Gasteiger partial charge in [-0.3, -0.25) is 8.94 Å². The van der Waals surface area contributed by atoms with Gasteiger partial charge in [-0.25, -0.2) is 0 Å². The van der Waals surface area contributed by atoms with Crippen molar-refractivity contribution in [2.75, 3.05) is 12.4 Å². The summed E-state index contributed by atoms with van der Waals surface area (Å²) in [5.41, 5.74) is 0. The van der Waals surface area contributed by atoms with Crippen LogP contribution in [0.5, 0.6) is 0 Å². The zero-order chi connectivity index (χ0) is 6.62. The number of hydrogen-bond donors (Lipinski definition) is 1. The number of hydrogen-bond acceptors (Lipinski definition) is 2. The number of rotatable bonds is 3. The predicted octanol–water partition coefficient (Wildman–Crippen LogP) is -0.415. The first-order valence-corrected chi connectivity index (χ1v) is 3.68. The molecule has 0 aromatic carbocycles. The average molecular weight is 150 g/mol. The zero-order valence-electron chi connectivity index (χ0n) is 4.17. The molecule has 9 heavy (non-hydrogen) atoms. The second-order valence-electron chi connectivity index (χ2n) is 1.33. The van der Waals surface area contributed by atoms with Gasteiger partial charge in [0.15, 0.2) is 0 Å². The van der Waals surface area contributed by atoms with Crippen molar-refractivity contribution < 1.29 is 17.4 Å². The summed E-state index contributed by atoms with van der Waals surface area (Å²) < 4.78 is 38.7. The third-order valence-electron chi connectivity index (χ3n) is 0.536. The molecule has 6 heteroatoms. The molecule has 0 aromatic rings. The summed E-state index contributed by atoms with van der Waals surface area (Å²) in [4.78, 5) is 0. The molecule has 0 unspecified atom stereocenters. The quantitative estimate of drug-likeness (QED) is 0.439. The Labute approximate surface area is 65.6 Å². The Hall–Kier alpha value is 0.437. The van der Waals surface area contributed by atoms with Crippen molar-refractivity contribution in [2.24, 2.45) is 0 Å². The Kier molecular flexibility index (Phi) is 7.07. The molecule has 0 spiro atoms. The molecule has 0 bridgehead atoms. The van der Waals surface area contributed by atoms with E-state index in [0.29, 0.717) is 0 Å². The first-order valence-electron chi connectivity index (χ1n) is 2.07. The van der Waals surface area contributed by atoms with E-state index >= 15 is 0 Å². The second kappa shape index (κ2) is 5.24. The van der Waals surface area contributed by atoms with Crippen LogP contribution in [-0.4, -0.2) is 44.3 Å². The van der Waals surface area contributed by atoms with Gasteiger partial charge in [0.1, 0.15) is 0 Å². The maximum atomic E-state index is 11.1. The van der Waals surface area contributed by atoms with Gasteiger partial charge in [-0.1, -0.05) is 0 Å². The van der Waals surface area contributed by atoms with E-state index in [1.807, 2.05) is 0 Å². The summed E-state index contributed by atoms with van der Waals surface area (Å²) in [7, 11) is -3.93. The fourth-order valence-corrected chi connectivity index (χ4v) is 0.711. The van der Waals surface area contributed by atoms with E-state index in [4.69, 9.17) is 4.55 Å². The Morgan fingerprint density at radius 3 is 2.00 bits per heavy atom. The van der Waals surface area contributed by atoms with E-state index in [2.05, 4.69) is 0 Å². The summed E-state index contributed by atoms with van der Waals surface area (Å²) in [5, 5.41) is 0. The van der Waals surface area contributed by atoms with Crippen molar-refractivity contribution in [3.63, 3.8) is 0 Å². The SMILES string of the molecule is O=S(=O)(O)CCCF.[LiH]. The van der Waals surface area contributed by atoms with Crippen molar-refractivity contribution in [2.45, 2.75) is 6.42 Å². The molecule has 0 aliphatic rings. The third kappa shape index (κ3) is 11.8. The standard InChI is InChI=1S/C3H7FO3S.Li.H/c4-2-1-3-8(5,6)7;;/h1-3H2,(H,5,6,7);;. The Morgan fingerprint density at radius 2 is 1.89 bits per heavy atom. The van der Waals surface area contributed by atoms with Crippen LogP contribution in [0.25, 0.3) is 0 Å². The van der Waals surface area contributed by atoms with E-state index < -0.39 is 22.5 Å². The van der Waals surface area contributed by atoms with Crippen molar-refractivity contribution >= 4 is 29.0 Å². The van der Waals surface area contributed by atoms with E-state index in [1.165, 1.54) is 0 Å². The topological polar surface area (TPSA) is 54.4 Å². The third-order valence-corrected chi connectivity index (χ3v) is 1.34. The summed E-state index contributed by atoms with van der Waals surface area (Å²) in [5.74, 6) is -0.483. The summed E-state index contributed by atoms with van der Waals surface area (Å²) in [6, 6.07) is 0.